The molecule has 0 spiro atoms. The van der Waals surface area contributed by atoms with E-state index in [1.807, 2.05) is 4.90 Å². The van der Waals surface area contributed by atoms with Crippen molar-refractivity contribution in [1.29, 1.82) is 0 Å². The van der Waals surface area contributed by atoms with E-state index in [4.69, 9.17) is 4.74 Å². The number of hydrogen-bond donors (Lipinski definition) is 0. The van der Waals surface area contributed by atoms with Crippen LogP contribution in [0.4, 0.5) is 13.2 Å². The Labute approximate surface area is 133 Å². The smallest absolute Gasteiger partial charge is 0.379 e. The summed E-state index contributed by atoms with van der Waals surface area (Å²) in [6.45, 7) is 2.20. The van der Waals surface area contributed by atoms with E-state index in [0.29, 0.717) is 31.9 Å². The molecule has 1 aromatic rings. The second kappa shape index (κ2) is 7.74. The lowest BCUT2D eigenvalue weighted by Gasteiger charge is -2.36. The van der Waals surface area contributed by atoms with Crippen LogP contribution in [0.1, 0.15) is 18.5 Å². The van der Waals surface area contributed by atoms with Gasteiger partial charge in [-0.3, -0.25) is 14.7 Å². The summed E-state index contributed by atoms with van der Waals surface area (Å²) in [5.74, 6) is -0.556. The third-order valence-corrected chi connectivity index (χ3v) is 3.71. The van der Waals surface area contributed by atoms with Gasteiger partial charge < -0.3 is 9.64 Å². The van der Waals surface area contributed by atoms with Gasteiger partial charge in [-0.25, -0.2) is 0 Å². The first kappa shape index (κ1) is 17.7. The minimum absolute atomic E-state index is 0.000550. The summed E-state index contributed by atoms with van der Waals surface area (Å²) in [5.41, 5.74) is 0.597. The summed E-state index contributed by atoms with van der Waals surface area (Å²) in [5, 5.41) is 0. The summed E-state index contributed by atoms with van der Waals surface area (Å²) in [6.07, 6.45) is -1.33. The molecular formula is C15H20F3N3O2. The van der Waals surface area contributed by atoms with E-state index in [1.54, 1.807) is 25.3 Å². The minimum atomic E-state index is -4.42. The number of carbonyl (C=O) groups excluding carboxylic acids is 1. The van der Waals surface area contributed by atoms with Crippen molar-refractivity contribution >= 4 is 5.91 Å². The van der Waals surface area contributed by atoms with Crippen molar-refractivity contribution in [1.82, 2.24) is 14.8 Å². The second-order valence-corrected chi connectivity index (χ2v) is 5.30. The number of carbonyl (C=O) groups is 1. The molecule has 128 valence electrons. The molecule has 0 radical (unpaired) electrons. The molecule has 23 heavy (non-hydrogen) atoms. The summed E-state index contributed by atoms with van der Waals surface area (Å²) >= 11 is 0. The van der Waals surface area contributed by atoms with Crippen LogP contribution in [0, 0.1) is 0 Å². The van der Waals surface area contributed by atoms with E-state index in [2.05, 4.69) is 4.98 Å². The SMILES string of the molecule is CCN(CC(F)(F)F)C(=O)C(c1cccnc1)N1CCOCC1. The summed E-state index contributed by atoms with van der Waals surface area (Å²) in [4.78, 5) is 19.4. The predicted molar refractivity (Wildman–Crippen MR) is 77.7 cm³/mol. The van der Waals surface area contributed by atoms with Gasteiger partial charge in [0.2, 0.25) is 5.91 Å². The molecule has 1 aliphatic heterocycles. The fourth-order valence-corrected chi connectivity index (χ4v) is 2.62. The lowest BCUT2D eigenvalue weighted by atomic mass is 10.1. The van der Waals surface area contributed by atoms with E-state index < -0.39 is 24.7 Å². The average Bonchev–Trinajstić information content (AvgIpc) is 2.54. The third kappa shape index (κ3) is 4.90. The van der Waals surface area contributed by atoms with Gasteiger partial charge >= 0.3 is 6.18 Å². The molecule has 1 atom stereocenters. The van der Waals surface area contributed by atoms with Crippen LogP contribution < -0.4 is 0 Å². The molecule has 8 heteroatoms. The Morgan fingerprint density at radius 2 is 2.13 bits per heavy atom. The Bertz CT molecular complexity index is 504. The van der Waals surface area contributed by atoms with Gasteiger partial charge in [0.05, 0.1) is 13.2 Å². The number of ether oxygens (including phenoxy) is 1. The lowest BCUT2D eigenvalue weighted by Crippen LogP contribution is -2.49. The van der Waals surface area contributed by atoms with Crippen LogP contribution in [0.2, 0.25) is 0 Å². The number of rotatable bonds is 5. The first-order valence-electron chi connectivity index (χ1n) is 7.49. The summed E-state index contributed by atoms with van der Waals surface area (Å²) in [7, 11) is 0. The Balaban J connectivity index is 2.26. The fraction of sp³-hybridized carbons (Fsp3) is 0.600. The Morgan fingerprint density at radius 1 is 1.43 bits per heavy atom. The van der Waals surface area contributed by atoms with Gasteiger partial charge in [-0.1, -0.05) is 6.07 Å². The van der Waals surface area contributed by atoms with Crippen LogP contribution >= 0.6 is 0 Å². The topological polar surface area (TPSA) is 45.7 Å². The van der Waals surface area contributed by atoms with E-state index in [1.165, 1.54) is 6.20 Å². The van der Waals surface area contributed by atoms with Gasteiger partial charge in [0.15, 0.2) is 0 Å². The predicted octanol–water partition coefficient (Wildman–Crippen LogP) is 1.87. The van der Waals surface area contributed by atoms with Crippen molar-refractivity contribution in [2.45, 2.75) is 19.1 Å². The number of nitrogens with zero attached hydrogens (tertiary/aromatic N) is 3. The number of alkyl halides is 3. The quantitative estimate of drug-likeness (QED) is 0.826. The zero-order valence-electron chi connectivity index (χ0n) is 12.9. The van der Waals surface area contributed by atoms with Gasteiger partial charge in [-0.2, -0.15) is 13.2 Å². The fourth-order valence-electron chi connectivity index (χ4n) is 2.62. The summed E-state index contributed by atoms with van der Waals surface area (Å²) in [6, 6.07) is 2.62. The highest BCUT2D eigenvalue weighted by molar-refractivity contribution is 5.83. The minimum Gasteiger partial charge on any atom is -0.379 e. The van der Waals surface area contributed by atoms with Crippen LogP contribution in [-0.4, -0.2) is 66.3 Å². The maximum Gasteiger partial charge on any atom is 0.406 e. The Morgan fingerprint density at radius 3 is 2.65 bits per heavy atom. The standard InChI is InChI=1S/C15H20F3N3O2/c1-2-20(11-15(16,17)18)14(22)13(12-4-3-5-19-10-12)21-6-8-23-9-7-21/h3-5,10,13H,2,6-9,11H2,1H3. The highest BCUT2D eigenvalue weighted by Gasteiger charge is 2.37. The van der Waals surface area contributed by atoms with Crippen LogP contribution in [0.3, 0.4) is 0 Å². The molecule has 2 rings (SSSR count). The van der Waals surface area contributed by atoms with Crippen LogP contribution in [0.15, 0.2) is 24.5 Å². The normalized spacial score (nSPS) is 17.7. The maximum atomic E-state index is 12.8. The van der Waals surface area contributed by atoms with Crippen LogP contribution in [0.25, 0.3) is 0 Å². The van der Waals surface area contributed by atoms with Gasteiger partial charge in [0.25, 0.3) is 0 Å². The largest absolute Gasteiger partial charge is 0.406 e. The van der Waals surface area contributed by atoms with Crippen molar-refractivity contribution in [3.63, 3.8) is 0 Å². The Hall–Kier alpha value is -1.67. The molecule has 0 aliphatic carbocycles. The highest BCUT2D eigenvalue weighted by Crippen LogP contribution is 2.26. The molecule has 0 N–H and O–H groups in total. The average molecular weight is 331 g/mol. The zero-order chi connectivity index (χ0) is 16.9. The Kier molecular flexibility index (Phi) is 5.95. The highest BCUT2D eigenvalue weighted by atomic mass is 19.4. The number of hydrogen-bond acceptors (Lipinski definition) is 4. The molecule has 0 aromatic carbocycles. The van der Waals surface area contributed by atoms with Crippen molar-refractivity contribution < 1.29 is 22.7 Å². The number of aromatic nitrogens is 1. The van der Waals surface area contributed by atoms with Gasteiger partial charge in [-0.15, -0.1) is 0 Å². The number of halogens is 3. The first-order valence-corrected chi connectivity index (χ1v) is 7.49. The molecule has 1 fully saturated rings. The van der Waals surface area contributed by atoms with Crippen molar-refractivity contribution in [2.75, 3.05) is 39.4 Å². The lowest BCUT2D eigenvalue weighted by molar-refractivity contribution is -0.165. The molecule has 1 unspecified atom stereocenters. The molecule has 5 nitrogen and oxygen atoms in total. The molecule has 1 aromatic heterocycles. The van der Waals surface area contributed by atoms with Crippen LogP contribution in [-0.2, 0) is 9.53 Å². The van der Waals surface area contributed by atoms with E-state index >= 15 is 0 Å². The van der Waals surface area contributed by atoms with Crippen molar-refractivity contribution in [2.24, 2.45) is 0 Å². The molecule has 1 aliphatic rings. The van der Waals surface area contributed by atoms with Gasteiger partial charge in [0, 0.05) is 32.0 Å². The maximum absolute atomic E-state index is 12.8. The number of likely N-dealkylation sites (N-methyl/N-ethyl adjacent to an activating group) is 1. The zero-order valence-corrected chi connectivity index (χ0v) is 12.9. The molecule has 0 saturated carbocycles. The molecule has 1 amide bonds. The van der Waals surface area contributed by atoms with Gasteiger partial charge in [0.1, 0.15) is 12.6 Å². The van der Waals surface area contributed by atoms with Crippen molar-refractivity contribution in [3.05, 3.63) is 30.1 Å². The third-order valence-electron chi connectivity index (χ3n) is 3.71. The number of morpholine rings is 1. The number of pyridine rings is 1. The summed E-state index contributed by atoms with van der Waals surface area (Å²) < 4.78 is 43.4. The van der Waals surface area contributed by atoms with E-state index in [-0.39, 0.29) is 6.54 Å². The molecule has 1 saturated heterocycles. The molecule has 2 heterocycles. The van der Waals surface area contributed by atoms with Crippen molar-refractivity contribution in [3.8, 4) is 0 Å². The van der Waals surface area contributed by atoms with E-state index in [9.17, 15) is 18.0 Å². The molecular weight excluding hydrogens is 311 g/mol. The monoisotopic (exact) mass is 331 g/mol. The number of amides is 1. The first-order chi connectivity index (χ1) is 10.9. The molecule has 0 bridgehead atoms. The second-order valence-electron chi connectivity index (χ2n) is 5.30. The van der Waals surface area contributed by atoms with E-state index in [0.717, 1.165) is 4.90 Å². The van der Waals surface area contributed by atoms with Crippen LogP contribution in [0.5, 0.6) is 0 Å². The van der Waals surface area contributed by atoms with Gasteiger partial charge in [-0.05, 0) is 18.6 Å².